The van der Waals surface area contributed by atoms with Crippen molar-refractivity contribution in [3.8, 4) is 0 Å². The molecule has 12 nitrogen and oxygen atoms in total. The molecule has 15 heteroatoms. The number of fused-ring (bicyclic) bond motifs is 1. The van der Waals surface area contributed by atoms with Gasteiger partial charge in [0, 0.05) is 18.6 Å². The highest BCUT2D eigenvalue weighted by molar-refractivity contribution is 8.01. The van der Waals surface area contributed by atoms with Crippen LogP contribution in [0.5, 0.6) is 0 Å². The van der Waals surface area contributed by atoms with Gasteiger partial charge in [-0.3, -0.25) is 19.3 Å². The number of aryl methyl sites for hydroxylation is 1. The van der Waals surface area contributed by atoms with E-state index in [0.717, 1.165) is 4.90 Å². The van der Waals surface area contributed by atoms with Crippen LogP contribution in [-0.2, 0) is 26.2 Å². The van der Waals surface area contributed by atoms with Crippen LogP contribution < -0.4 is 5.32 Å². The van der Waals surface area contributed by atoms with Crippen LogP contribution >= 0.6 is 34.9 Å². The van der Waals surface area contributed by atoms with Gasteiger partial charge in [0.1, 0.15) is 17.1 Å². The number of nitrogens with zero attached hydrogens (tertiary/aromatic N) is 5. The molecule has 32 heavy (non-hydrogen) atoms. The van der Waals surface area contributed by atoms with Crippen molar-refractivity contribution in [3.63, 3.8) is 0 Å². The molecule has 3 N–H and O–H groups in total. The van der Waals surface area contributed by atoms with Gasteiger partial charge in [0.25, 0.3) is 5.91 Å². The van der Waals surface area contributed by atoms with Crippen molar-refractivity contribution in [2.75, 3.05) is 11.5 Å². The van der Waals surface area contributed by atoms with E-state index >= 15 is 0 Å². The van der Waals surface area contributed by atoms with Gasteiger partial charge in [0.15, 0.2) is 5.92 Å². The number of hydrogen-bond acceptors (Lipinski definition) is 10. The van der Waals surface area contributed by atoms with Crippen LogP contribution in [0.1, 0.15) is 11.5 Å². The number of tetrazole rings is 1. The second-order valence-corrected chi connectivity index (χ2v) is 9.68. The van der Waals surface area contributed by atoms with Gasteiger partial charge in [-0.25, -0.2) is 9.48 Å². The highest BCUT2D eigenvalue weighted by Gasteiger charge is 2.54. The van der Waals surface area contributed by atoms with E-state index in [1.54, 1.807) is 17.8 Å². The average molecular weight is 497 g/mol. The number of amides is 2. The molecule has 2 aliphatic heterocycles. The number of rotatable bonds is 8. The number of thiophene rings is 1. The maximum Gasteiger partial charge on any atom is 0.352 e. The van der Waals surface area contributed by atoms with E-state index in [1.165, 1.54) is 45.6 Å². The fraction of sp³-hybridized carbons (Fsp3) is 0.353. The molecule has 0 aromatic carbocycles. The summed E-state index contributed by atoms with van der Waals surface area (Å²) in [6.07, 6.45) is 0. The number of aliphatic carboxylic acids is 2. The molecular weight excluding hydrogens is 480 g/mol. The summed E-state index contributed by atoms with van der Waals surface area (Å²) >= 11 is 3.81. The lowest BCUT2D eigenvalue weighted by Crippen LogP contribution is -2.71. The van der Waals surface area contributed by atoms with Crippen LogP contribution in [0.4, 0.5) is 0 Å². The molecule has 0 saturated carbocycles. The minimum absolute atomic E-state index is 0.125. The third kappa shape index (κ3) is 3.98. The van der Waals surface area contributed by atoms with E-state index < -0.39 is 41.1 Å². The zero-order valence-electron chi connectivity index (χ0n) is 16.4. The van der Waals surface area contributed by atoms with Crippen LogP contribution in [0.2, 0.25) is 0 Å². The molecule has 0 aliphatic carbocycles. The zero-order chi connectivity index (χ0) is 23.0. The standard InChI is InChI=1S/C17H16N6O6S3/c1-22-17(19-20-21-22)32-6-8-5-31-14-10(13(25)23(14)11(8)16(28)29)18-12(24)9(15(26)27)7-2-3-30-4-7/h2-4,9-10,14H,5-6H2,1H3,(H,18,24)(H,26,27)(H,28,29)/t9?,10?,14-/m1/s1. The maximum absolute atomic E-state index is 12.8. The molecule has 3 atom stereocenters. The average Bonchev–Trinajstić information content (AvgIpc) is 3.41. The molecule has 168 valence electrons. The van der Waals surface area contributed by atoms with E-state index in [2.05, 4.69) is 20.8 Å². The largest absolute Gasteiger partial charge is 0.480 e. The first-order chi connectivity index (χ1) is 15.3. The predicted octanol–water partition coefficient (Wildman–Crippen LogP) is -0.0293. The molecular formula is C17H16N6O6S3. The zero-order valence-corrected chi connectivity index (χ0v) is 18.8. The summed E-state index contributed by atoms with van der Waals surface area (Å²) in [7, 11) is 1.66. The third-order valence-electron chi connectivity index (χ3n) is 4.89. The Morgan fingerprint density at radius 1 is 1.38 bits per heavy atom. The Bertz CT molecular complexity index is 1120. The number of β-lactam (4-membered cyclic amide) rings is 1. The summed E-state index contributed by atoms with van der Waals surface area (Å²) in [5.41, 5.74) is 0.731. The summed E-state index contributed by atoms with van der Waals surface area (Å²) in [4.78, 5) is 50.1. The van der Waals surface area contributed by atoms with Crippen LogP contribution in [-0.4, -0.2) is 82.0 Å². The van der Waals surface area contributed by atoms with E-state index in [9.17, 15) is 29.4 Å². The first-order valence-electron chi connectivity index (χ1n) is 9.10. The Balaban J connectivity index is 1.49. The van der Waals surface area contributed by atoms with E-state index in [4.69, 9.17) is 0 Å². The smallest absolute Gasteiger partial charge is 0.352 e. The molecule has 4 rings (SSSR count). The molecule has 2 aliphatic rings. The maximum atomic E-state index is 12.8. The van der Waals surface area contributed by atoms with Gasteiger partial charge in [-0.2, -0.15) is 11.3 Å². The van der Waals surface area contributed by atoms with Crippen LogP contribution in [0.25, 0.3) is 0 Å². The first-order valence-corrected chi connectivity index (χ1v) is 12.1. The van der Waals surface area contributed by atoms with Crippen LogP contribution in [0.15, 0.2) is 33.3 Å². The minimum atomic E-state index is -1.45. The topological polar surface area (TPSA) is 168 Å². The van der Waals surface area contributed by atoms with Gasteiger partial charge < -0.3 is 15.5 Å². The number of hydrogen-bond donors (Lipinski definition) is 3. The van der Waals surface area contributed by atoms with Crippen molar-refractivity contribution in [2.24, 2.45) is 7.05 Å². The predicted molar refractivity (Wildman–Crippen MR) is 114 cm³/mol. The van der Waals surface area contributed by atoms with Crippen molar-refractivity contribution >= 4 is 58.6 Å². The van der Waals surface area contributed by atoms with Gasteiger partial charge >= 0.3 is 11.9 Å². The fourth-order valence-electron chi connectivity index (χ4n) is 3.37. The van der Waals surface area contributed by atoms with Gasteiger partial charge in [-0.05, 0) is 38.4 Å². The highest BCUT2D eigenvalue weighted by atomic mass is 32.2. The van der Waals surface area contributed by atoms with Crippen LogP contribution in [0, 0.1) is 0 Å². The lowest BCUT2D eigenvalue weighted by atomic mass is 9.98. The number of carbonyl (C=O) groups is 4. The van der Waals surface area contributed by atoms with E-state index in [-0.39, 0.29) is 11.4 Å². The first kappa shape index (κ1) is 22.3. The van der Waals surface area contributed by atoms with E-state index in [1.807, 2.05) is 0 Å². The Labute approximate surface area is 193 Å². The Hall–Kier alpha value is -2.91. The number of thioether (sulfide) groups is 2. The Kier molecular flexibility index (Phi) is 6.21. The molecule has 0 bridgehead atoms. The van der Waals surface area contributed by atoms with Gasteiger partial charge in [0.05, 0.1) is 0 Å². The number of carboxylic acids is 2. The lowest BCUT2D eigenvalue weighted by Gasteiger charge is -2.49. The van der Waals surface area contributed by atoms with Crippen molar-refractivity contribution in [1.82, 2.24) is 30.4 Å². The molecule has 2 aromatic rings. The number of carboxylic acid groups (broad SMARTS) is 2. The summed E-state index contributed by atoms with van der Waals surface area (Å²) in [5.74, 6) is -4.83. The third-order valence-corrected chi connectivity index (χ3v) is 8.03. The molecule has 2 amide bonds. The second kappa shape index (κ2) is 8.91. The van der Waals surface area contributed by atoms with E-state index in [0.29, 0.717) is 22.0 Å². The second-order valence-electron chi connectivity index (χ2n) is 6.86. The quantitative estimate of drug-likeness (QED) is 0.255. The number of carbonyl (C=O) groups excluding carboxylic acids is 2. The van der Waals surface area contributed by atoms with Gasteiger partial charge in [-0.15, -0.1) is 16.9 Å². The van der Waals surface area contributed by atoms with Gasteiger partial charge in [-0.1, -0.05) is 11.8 Å². The van der Waals surface area contributed by atoms with Crippen molar-refractivity contribution in [2.45, 2.75) is 22.5 Å². The molecule has 0 radical (unpaired) electrons. The minimum Gasteiger partial charge on any atom is -0.480 e. The Morgan fingerprint density at radius 3 is 2.75 bits per heavy atom. The molecule has 2 unspecified atom stereocenters. The molecule has 0 spiro atoms. The Morgan fingerprint density at radius 2 is 2.16 bits per heavy atom. The molecule has 2 aromatic heterocycles. The monoisotopic (exact) mass is 496 g/mol. The van der Waals surface area contributed by atoms with Crippen molar-refractivity contribution in [3.05, 3.63) is 33.7 Å². The number of aromatic nitrogens is 4. The molecule has 1 fully saturated rings. The van der Waals surface area contributed by atoms with Gasteiger partial charge in [0.2, 0.25) is 11.1 Å². The molecule has 1 saturated heterocycles. The van der Waals surface area contributed by atoms with Crippen molar-refractivity contribution in [1.29, 1.82) is 0 Å². The summed E-state index contributed by atoms with van der Waals surface area (Å²) in [6.45, 7) is 0. The molecule has 4 heterocycles. The summed E-state index contributed by atoms with van der Waals surface area (Å²) in [6, 6.07) is 0.536. The SMILES string of the molecule is Cn1nnnc1SCC1=C(C(=O)O)N2C(=O)C(NC(=O)C(C(=O)O)c3ccsc3)[C@H]2SC1. The fourth-order valence-corrected chi connectivity index (χ4v) is 6.39. The summed E-state index contributed by atoms with van der Waals surface area (Å²) < 4.78 is 1.46. The van der Waals surface area contributed by atoms with Crippen LogP contribution in [0.3, 0.4) is 0 Å². The highest BCUT2D eigenvalue weighted by Crippen LogP contribution is 2.41. The number of nitrogens with one attached hydrogen (secondary N) is 1. The van der Waals surface area contributed by atoms with Crippen molar-refractivity contribution < 1.29 is 29.4 Å². The summed E-state index contributed by atoms with van der Waals surface area (Å²) in [5, 5.41) is 35.9. The lowest BCUT2D eigenvalue weighted by molar-refractivity contribution is -0.152. The normalized spacial score (nSPS) is 21.0.